The van der Waals surface area contributed by atoms with Gasteiger partial charge in [0.1, 0.15) is 0 Å². The van der Waals surface area contributed by atoms with Crippen molar-refractivity contribution in [3.05, 3.63) is 0 Å². The summed E-state index contributed by atoms with van der Waals surface area (Å²) < 4.78 is 4.71. The molecule has 0 aromatic rings. The van der Waals surface area contributed by atoms with Crippen molar-refractivity contribution in [3.63, 3.8) is 0 Å². The van der Waals surface area contributed by atoms with Crippen molar-refractivity contribution in [2.75, 3.05) is 7.11 Å². The van der Waals surface area contributed by atoms with Crippen LogP contribution in [-0.4, -0.2) is 25.0 Å². The Morgan fingerprint density at radius 2 is 1.93 bits per heavy atom. The van der Waals surface area contributed by atoms with Gasteiger partial charge in [-0.05, 0) is 12.8 Å². The molecule has 4 heteroatoms. The van der Waals surface area contributed by atoms with Gasteiger partial charge in [-0.3, -0.25) is 9.59 Å². The fourth-order valence-corrected chi connectivity index (χ4v) is 2.00. The number of methoxy groups -OCH3 is 1. The normalized spacial score (nSPS) is 26.7. The lowest BCUT2D eigenvalue weighted by atomic mass is 9.84. The summed E-state index contributed by atoms with van der Waals surface area (Å²) in [5.41, 5.74) is 0. The SMILES string of the molecule is COC(=O)[C@@H]1CCCCC1NC(C)=O. The number of carbonyl (C=O) groups excluding carboxylic acids is 2. The molecule has 1 unspecified atom stereocenters. The number of rotatable bonds is 2. The van der Waals surface area contributed by atoms with Crippen molar-refractivity contribution in [2.45, 2.75) is 38.6 Å². The van der Waals surface area contributed by atoms with Crippen LogP contribution in [0.2, 0.25) is 0 Å². The first-order chi connectivity index (χ1) is 6.65. The summed E-state index contributed by atoms with van der Waals surface area (Å²) in [6, 6.07) is -0.0336. The van der Waals surface area contributed by atoms with Crippen LogP contribution < -0.4 is 5.32 Å². The van der Waals surface area contributed by atoms with E-state index in [-0.39, 0.29) is 23.8 Å². The van der Waals surface area contributed by atoms with E-state index in [0.717, 1.165) is 25.7 Å². The van der Waals surface area contributed by atoms with Crippen LogP contribution in [0.3, 0.4) is 0 Å². The number of hydrogen-bond donors (Lipinski definition) is 1. The van der Waals surface area contributed by atoms with Crippen molar-refractivity contribution in [3.8, 4) is 0 Å². The zero-order valence-electron chi connectivity index (χ0n) is 8.71. The second kappa shape index (κ2) is 4.98. The summed E-state index contributed by atoms with van der Waals surface area (Å²) in [5.74, 6) is -0.438. The average molecular weight is 199 g/mol. The lowest BCUT2D eigenvalue weighted by Crippen LogP contribution is -2.44. The van der Waals surface area contributed by atoms with Crippen LogP contribution in [0.25, 0.3) is 0 Å². The molecule has 1 N–H and O–H groups in total. The smallest absolute Gasteiger partial charge is 0.310 e. The third-order valence-corrected chi connectivity index (χ3v) is 2.66. The molecule has 0 bridgehead atoms. The molecule has 0 aromatic carbocycles. The lowest BCUT2D eigenvalue weighted by molar-refractivity contribution is -0.147. The Kier molecular flexibility index (Phi) is 3.92. The van der Waals surface area contributed by atoms with Crippen LogP contribution in [0.4, 0.5) is 0 Å². The maximum absolute atomic E-state index is 11.4. The van der Waals surface area contributed by atoms with E-state index < -0.39 is 0 Å². The molecule has 80 valence electrons. The van der Waals surface area contributed by atoms with E-state index in [4.69, 9.17) is 4.74 Å². The number of amides is 1. The summed E-state index contributed by atoms with van der Waals surface area (Å²) in [7, 11) is 1.39. The van der Waals surface area contributed by atoms with E-state index >= 15 is 0 Å². The number of esters is 1. The number of ether oxygens (including phenoxy) is 1. The molecular weight excluding hydrogens is 182 g/mol. The average Bonchev–Trinajstić information content (AvgIpc) is 2.16. The first kappa shape index (κ1) is 11.0. The highest BCUT2D eigenvalue weighted by atomic mass is 16.5. The summed E-state index contributed by atoms with van der Waals surface area (Å²) in [6.45, 7) is 1.48. The first-order valence-electron chi connectivity index (χ1n) is 5.00. The largest absolute Gasteiger partial charge is 0.469 e. The minimum Gasteiger partial charge on any atom is -0.469 e. The lowest BCUT2D eigenvalue weighted by Gasteiger charge is -2.29. The van der Waals surface area contributed by atoms with Gasteiger partial charge in [0.2, 0.25) is 5.91 Å². The van der Waals surface area contributed by atoms with Gasteiger partial charge in [-0.2, -0.15) is 0 Å². The molecule has 1 saturated carbocycles. The third kappa shape index (κ3) is 2.72. The van der Waals surface area contributed by atoms with Crippen LogP contribution in [0.15, 0.2) is 0 Å². The van der Waals surface area contributed by atoms with Crippen molar-refractivity contribution in [1.29, 1.82) is 0 Å². The van der Waals surface area contributed by atoms with Crippen LogP contribution >= 0.6 is 0 Å². The number of nitrogens with one attached hydrogen (secondary N) is 1. The summed E-state index contributed by atoms with van der Waals surface area (Å²) in [4.78, 5) is 22.3. The molecule has 0 spiro atoms. The van der Waals surface area contributed by atoms with Gasteiger partial charge in [0.15, 0.2) is 0 Å². The minimum atomic E-state index is -0.205. The van der Waals surface area contributed by atoms with E-state index in [1.54, 1.807) is 0 Å². The fraction of sp³-hybridized carbons (Fsp3) is 0.800. The van der Waals surface area contributed by atoms with Gasteiger partial charge in [-0.15, -0.1) is 0 Å². The maximum atomic E-state index is 11.4. The highest BCUT2D eigenvalue weighted by Crippen LogP contribution is 2.25. The fourth-order valence-electron chi connectivity index (χ4n) is 2.00. The quantitative estimate of drug-likeness (QED) is 0.671. The van der Waals surface area contributed by atoms with E-state index in [1.165, 1.54) is 14.0 Å². The summed E-state index contributed by atoms with van der Waals surface area (Å²) in [6.07, 6.45) is 3.80. The van der Waals surface area contributed by atoms with Crippen LogP contribution in [0.1, 0.15) is 32.6 Å². The zero-order valence-corrected chi connectivity index (χ0v) is 8.71. The van der Waals surface area contributed by atoms with Crippen LogP contribution in [-0.2, 0) is 14.3 Å². The Labute approximate surface area is 84.0 Å². The molecule has 1 rings (SSSR count). The van der Waals surface area contributed by atoms with Gasteiger partial charge < -0.3 is 10.1 Å². The van der Waals surface area contributed by atoms with Crippen molar-refractivity contribution >= 4 is 11.9 Å². The molecule has 0 heterocycles. The summed E-state index contributed by atoms with van der Waals surface area (Å²) in [5, 5.41) is 2.81. The molecular formula is C10H17NO3. The zero-order chi connectivity index (χ0) is 10.6. The predicted octanol–water partition coefficient (Wildman–Crippen LogP) is 0.854. The Morgan fingerprint density at radius 1 is 1.29 bits per heavy atom. The van der Waals surface area contributed by atoms with E-state index in [0.29, 0.717) is 0 Å². The van der Waals surface area contributed by atoms with Gasteiger partial charge in [-0.1, -0.05) is 12.8 Å². The predicted molar refractivity (Wildman–Crippen MR) is 51.6 cm³/mol. The molecule has 1 aliphatic carbocycles. The van der Waals surface area contributed by atoms with Crippen LogP contribution in [0, 0.1) is 5.92 Å². The molecule has 0 aliphatic heterocycles. The Balaban J connectivity index is 2.58. The Bertz CT molecular complexity index is 227. The molecule has 0 aromatic heterocycles. The van der Waals surface area contributed by atoms with Gasteiger partial charge >= 0.3 is 5.97 Å². The molecule has 4 nitrogen and oxygen atoms in total. The minimum absolute atomic E-state index is 0.0336. The highest BCUT2D eigenvalue weighted by molar-refractivity contribution is 5.77. The molecule has 0 saturated heterocycles. The Hall–Kier alpha value is -1.06. The summed E-state index contributed by atoms with van der Waals surface area (Å²) >= 11 is 0. The van der Waals surface area contributed by atoms with E-state index in [1.807, 2.05) is 0 Å². The van der Waals surface area contributed by atoms with Gasteiger partial charge in [0.05, 0.1) is 13.0 Å². The van der Waals surface area contributed by atoms with E-state index in [9.17, 15) is 9.59 Å². The van der Waals surface area contributed by atoms with Crippen molar-refractivity contribution in [2.24, 2.45) is 5.92 Å². The van der Waals surface area contributed by atoms with Gasteiger partial charge in [-0.25, -0.2) is 0 Å². The molecule has 0 radical (unpaired) electrons. The molecule has 1 fully saturated rings. The Morgan fingerprint density at radius 3 is 2.50 bits per heavy atom. The third-order valence-electron chi connectivity index (χ3n) is 2.66. The molecule has 1 aliphatic rings. The van der Waals surface area contributed by atoms with Crippen molar-refractivity contribution < 1.29 is 14.3 Å². The van der Waals surface area contributed by atoms with Crippen LogP contribution in [0.5, 0.6) is 0 Å². The first-order valence-corrected chi connectivity index (χ1v) is 5.00. The highest BCUT2D eigenvalue weighted by Gasteiger charge is 2.31. The second-order valence-electron chi connectivity index (χ2n) is 3.72. The maximum Gasteiger partial charge on any atom is 0.310 e. The van der Waals surface area contributed by atoms with Crippen molar-refractivity contribution in [1.82, 2.24) is 5.32 Å². The number of carbonyl (C=O) groups is 2. The molecule has 14 heavy (non-hydrogen) atoms. The van der Waals surface area contributed by atoms with Gasteiger partial charge in [0, 0.05) is 13.0 Å². The molecule has 1 amide bonds. The number of hydrogen-bond acceptors (Lipinski definition) is 3. The monoisotopic (exact) mass is 199 g/mol. The molecule has 2 atom stereocenters. The topological polar surface area (TPSA) is 55.4 Å². The standard InChI is InChI=1S/C10H17NO3/c1-7(12)11-9-6-4-3-5-8(9)10(13)14-2/h8-9H,3-6H2,1-2H3,(H,11,12)/t8-,9?/m1/s1. The van der Waals surface area contributed by atoms with Gasteiger partial charge in [0.25, 0.3) is 0 Å². The van der Waals surface area contributed by atoms with E-state index in [2.05, 4.69) is 5.32 Å². The second-order valence-corrected chi connectivity index (χ2v) is 3.72.